The molecule has 6 heteroatoms. The van der Waals surface area contributed by atoms with Gasteiger partial charge in [0.25, 0.3) is 5.91 Å². The highest BCUT2D eigenvalue weighted by Crippen LogP contribution is 2.15. The van der Waals surface area contributed by atoms with E-state index in [1.54, 1.807) is 30.8 Å². The third-order valence-corrected chi connectivity index (χ3v) is 3.14. The van der Waals surface area contributed by atoms with Crippen LogP contribution in [-0.4, -0.2) is 42.7 Å². The Morgan fingerprint density at radius 1 is 1.35 bits per heavy atom. The minimum Gasteiger partial charge on any atom is -0.465 e. The Kier molecular flexibility index (Phi) is 7.22. The van der Waals surface area contributed by atoms with Gasteiger partial charge in [0.15, 0.2) is 5.76 Å². The largest absolute Gasteiger partial charge is 0.465 e. The summed E-state index contributed by atoms with van der Waals surface area (Å²) < 4.78 is 10.4. The first-order valence-corrected chi connectivity index (χ1v) is 8.04. The third-order valence-electron chi connectivity index (χ3n) is 2.57. The standard InChI is InChI=1S/C14H21NO4S/c1-4-8-15(9-13(16)18-5-2)14(17)12-7-6-11(19-12)10-20-3/h6-7H,4-5,8-10H2,1-3H3. The quantitative estimate of drug-likeness (QED) is 0.690. The van der Waals surface area contributed by atoms with Crippen LogP contribution in [0.15, 0.2) is 16.5 Å². The Morgan fingerprint density at radius 2 is 2.10 bits per heavy atom. The molecule has 0 fully saturated rings. The summed E-state index contributed by atoms with van der Waals surface area (Å²) in [5, 5.41) is 0. The van der Waals surface area contributed by atoms with Crippen molar-refractivity contribution in [3.63, 3.8) is 0 Å². The van der Waals surface area contributed by atoms with E-state index in [0.717, 1.165) is 17.9 Å². The Bertz CT molecular complexity index is 444. The van der Waals surface area contributed by atoms with Crippen LogP contribution < -0.4 is 0 Å². The molecule has 0 aliphatic carbocycles. The van der Waals surface area contributed by atoms with E-state index >= 15 is 0 Å². The second kappa shape index (κ2) is 8.68. The molecule has 0 saturated carbocycles. The maximum Gasteiger partial charge on any atom is 0.325 e. The van der Waals surface area contributed by atoms with Gasteiger partial charge >= 0.3 is 5.97 Å². The molecule has 0 N–H and O–H groups in total. The van der Waals surface area contributed by atoms with Crippen LogP contribution in [0.4, 0.5) is 0 Å². The van der Waals surface area contributed by atoms with Gasteiger partial charge in [-0.3, -0.25) is 9.59 Å². The van der Waals surface area contributed by atoms with Crippen LogP contribution in [0.3, 0.4) is 0 Å². The van der Waals surface area contributed by atoms with E-state index in [1.807, 2.05) is 13.2 Å². The number of carbonyl (C=O) groups is 2. The SMILES string of the molecule is CCCN(CC(=O)OCC)C(=O)c1ccc(CSC)o1. The average Bonchev–Trinajstić information content (AvgIpc) is 2.87. The Hall–Kier alpha value is -1.43. The average molecular weight is 299 g/mol. The number of hydrogen-bond donors (Lipinski definition) is 0. The van der Waals surface area contributed by atoms with E-state index < -0.39 is 5.97 Å². The normalized spacial score (nSPS) is 10.3. The first kappa shape index (κ1) is 16.6. The van der Waals surface area contributed by atoms with Crippen molar-refractivity contribution in [1.82, 2.24) is 4.90 Å². The van der Waals surface area contributed by atoms with Gasteiger partial charge in [-0.2, -0.15) is 11.8 Å². The van der Waals surface area contributed by atoms with Crippen molar-refractivity contribution >= 4 is 23.6 Å². The van der Waals surface area contributed by atoms with E-state index in [0.29, 0.717) is 13.2 Å². The van der Waals surface area contributed by atoms with Gasteiger partial charge < -0.3 is 14.1 Å². The summed E-state index contributed by atoms with van der Waals surface area (Å²) in [5.74, 6) is 1.08. The molecule has 0 unspecified atom stereocenters. The second-order valence-electron chi connectivity index (χ2n) is 4.23. The Morgan fingerprint density at radius 3 is 2.70 bits per heavy atom. The molecule has 1 rings (SSSR count). The molecular formula is C14H21NO4S. The number of furan rings is 1. The lowest BCUT2D eigenvalue weighted by atomic mass is 10.3. The molecule has 1 heterocycles. The number of ether oxygens (including phenoxy) is 1. The molecule has 0 aliphatic rings. The minimum absolute atomic E-state index is 0.0426. The number of rotatable bonds is 8. The number of hydrogen-bond acceptors (Lipinski definition) is 5. The summed E-state index contributed by atoms with van der Waals surface area (Å²) in [7, 11) is 0. The minimum atomic E-state index is -0.398. The summed E-state index contributed by atoms with van der Waals surface area (Å²) in [5.41, 5.74) is 0. The lowest BCUT2D eigenvalue weighted by Gasteiger charge is -2.19. The summed E-state index contributed by atoms with van der Waals surface area (Å²) in [6.45, 7) is 4.46. The number of carbonyl (C=O) groups excluding carboxylic acids is 2. The van der Waals surface area contributed by atoms with Gasteiger partial charge in [0.05, 0.1) is 12.4 Å². The molecule has 0 saturated heterocycles. The van der Waals surface area contributed by atoms with E-state index in [1.165, 1.54) is 4.90 Å². The fourth-order valence-electron chi connectivity index (χ4n) is 1.75. The second-order valence-corrected chi connectivity index (χ2v) is 5.10. The van der Waals surface area contributed by atoms with Crippen molar-refractivity contribution < 1.29 is 18.7 Å². The van der Waals surface area contributed by atoms with E-state index in [4.69, 9.17) is 9.15 Å². The number of thioether (sulfide) groups is 1. The predicted molar refractivity (Wildman–Crippen MR) is 78.8 cm³/mol. The lowest BCUT2D eigenvalue weighted by Crippen LogP contribution is -2.36. The van der Waals surface area contributed by atoms with Crippen LogP contribution in [0.2, 0.25) is 0 Å². The zero-order valence-electron chi connectivity index (χ0n) is 12.2. The molecule has 0 spiro atoms. The molecule has 1 aromatic rings. The topological polar surface area (TPSA) is 59.8 Å². The zero-order valence-corrected chi connectivity index (χ0v) is 13.0. The summed E-state index contributed by atoms with van der Waals surface area (Å²) >= 11 is 1.62. The maximum atomic E-state index is 12.3. The molecule has 1 amide bonds. The van der Waals surface area contributed by atoms with Crippen molar-refractivity contribution in [1.29, 1.82) is 0 Å². The van der Waals surface area contributed by atoms with Crippen molar-refractivity contribution in [2.24, 2.45) is 0 Å². The first-order valence-electron chi connectivity index (χ1n) is 6.64. The van der Waals surface area contributed by atoms with Crippen LogP contribution in [0.25, 0.3) is 0 Å². The molecule has 0 aromatic carbocycles. The summed E-state index contributed by atoms with van der Waals surface area (Å²) in [4.78, 5) is 25.3. The summed E-state index contributed by atoms with van der Waals surface area (Å²) in [6, 6.07) is 3.44. The van der Waals surface area contributed by atoms with E-state index in [-0.39, 0.29) is 18.2 Å². The van der Waals surface area contributed by atoms with E-state index in [2.05, 4.69) is 0 Å². The third kappa shape index (κ3) is 4.92. The highest BCUT2D eigenvalue weighted by molar-refractivity contribution is 7.97. The van der Waals surface area contributed by atoms with Gasteiger partial charge in [0, 0.05) is 6.54 Å². The van der Waals surface area contributed by atoms with Crippen molar-refractivity contribution in [2.45, 2.75) is 26.0 Å². The van der Waals surface area contributed by atoms with Crippen LogP contribution in [-0.2, 0) is 15.3 Å². The lowest BCUT2D eigenvalue weighted by molar-refractivity contribution is -0.143. The van der Waals surface area contributed by atoms with Gasteiger partial charge in [-0.05, 0) is 31.7 Å². The Labute approximate surface area is 123 Å². The van der Waals surface area contributed by atoms with Crippen LogP contribution in [0.1, 0.15) is 36.6 Å². The molecule has 0 radical (unpaired) electrons. The fourth-order valence-corrected chi connectivity index (χ4v) is 2.19. The van der Waals surface area contributed by atoms with Crippen molar-refractivity contribution in [2.75, 3.05) is 26.0 Å². The van der Waals surface area contributed by atoms with Crippen LogP contribution >= 0.6 is 11.8 Å². The molecule has 1 aromatic heterocycles. The van der Waals surface area contributed by atoms with Gasteiger partial charge in [0.1, 0.15) is 12.3 Å². The van der Waals surface area contributed by atoms with Crippen molar-refractivity contribution in [3.8, 4) is 0 Å². The summed E-state index contributed by atoms with van der Waals surface area (Å²) in [6.07, 6.45) is 2.73. The van der Waals surface area contributed by atoms with Crippen LogP contribution in [0, 0.1) is 0 Å². The number of amides is 1. The van der Waals surface area contributed by atoms with Gasteiger partial charge in [-0.1, -0.05) is 6.92 Å². The highest BCUT2D eigenvalue weighted by atomic mass is 32.2. The van der Waals surface area contributed by atoms with Gasteiger partial charge in [-0.15, -0.1) is 0 Å². The maximum absolute atomic E-state index is 12.3. The molecule has 0 aliphatic heterocycles. The monoisotopic (exact) mass is 299 g/mol. The molecule has 0 atom stereocenters. The molecule has 0 bridgehead atoms. The number of nitrogens with zero attached hydrogens (tertiary/aromatic N) is 1. The molecule has 112 valence electrons. The highest BCUT2D eigenvalue weighted by Gasteiger charge is 2.21. The van der Waals surface area contributed by atoms with Crippen LogP contribution in [0.5, 0.6) is 0 Å². The number of esters is 1. The molecule has 5 nitrogen and oxygen atoms in total. The first-order chi connectivity index (χ1) is 9.62. The van der Waals surface area contributed by atoms with E-state index in [9.17, 15) is 9.59 Å². The van der Waals surface area contributed by atoms with Gasteiger partial charge in [-0.25, -0.2) is 0 Å². The molecular weight excluding hydrogens is 278 g/mol. The predicted octanol–water partition coefficient (Wildman–Crippen LogP) is 2.56. The zero-order chi connectivity index (χ0) is 15.0. The fraction of sp³-hybridized carbons (Fsp3) is 0.571. The smallest absolute Gasteiger partial charge is 0.325 e. The van der Waals surface area contributed by atoms with Crippen molar-refractivity contribution in [3.05, 3.63) is 23.7 Å². The Balaban J connectivity index is 2.73. The molecule has 20 heavy (non-hydrogen) atoms. The van der Waals surface area contributed by atoms with Gasteiger partial charge in [0.2, 0.25) is 0 Å².